The molecule has 112 valence electrons. The van der Waals surface area contributed by atoms with E-state index in [1.807, 2.05) is 30.5 Å². The van der Waals surface area contributed by atoms with Gasteiger partial charge < -0.3 is 10.6 Å². The Hall–Kier alpha value is -1.53. The number of carbonyl (C=O) groups is 1. The number of urea groups is 1. The predicted molar refractivity (Wildman–Crippen MR) is 91.0 cm³/mol. The number of benzene rings is 1. The first-order valence-electron chi connectivity index (χ1n) is 6.77. The highest BCUT2D eigenvalue weighted by Gasteiger charge is 2.14. The van der Waals surface area contributed by atoms with Crippen LogP contribution in [0.25, 0.3) is 0 Å². The molecule has 0 aliphatic rings. The smallest absolute Gasteiger partial charge is 0.319 e. The van der Waals surface area contributed by atoms with Crippen molar-refractivity contribution >= 4 is 34.8 Å². The van der Waals surface area contributed by atoms with Crippen molar-refractivity contribution in [1.82, 2.24) is 10.3 Å². The second-order valence-electron chi connectivity index (χ2n) is 4.56. The normalized spacial score (nSPS) is 11.9. The summed E-state index contributed by atoms with van der Waals surface area (Å²) in [7, 11) is 0. The minimum absolute atomic E-state index is 0.0422. The van der Waals surface area contributed by atoms with E-state index in [0.717, 1.165) is 22.9 Å². The van der Waals surface area contributed by atoms with E-state index in [9.17, 15) is 4.79 Å². The van der Waals surface area contributed by atoms with Crippen LogP contribution < -0.4 is 10.6 Å². The molecule has 2 aromatic rings. The van der Waals surface area contributed by atoms with Crippen molar-refractivity contribution in [2.24, 2.45) is 0 Å². The van der Waals surface area contributed by atoms with Gasteiger partial charge in [-0.15, -0.1) is 11.3 Å². The van der Waals surface area contributed by atoms with Crippen molar-refractivity contribution in [3.63, 3.8) is 0 Å². The molecule has 1 atom stereocenters. The molecule has 2 rings (SSSR count). The van der Waals surface area contributed by atoms with E-state index in [2.05, 4.69) is 27.9 Å². The van der Waals surface area contributed by atoms with Crippen molar-refractivity contribution < 1.29 is 4.79 Å². The third kappa shape index (κ3) is 4.75. The molecule has 1 aromatic carbocycles. The van der Waals surface area contributed by atoms with Crippen molar-refractivity contribution in [3.05, 3.63) is 46.4 Å². The first kappa shape index (κ1) is 15.9. The first-order valence-corrected chi connectivity index (χ1v) is 9.05. The average molecular weight is 321 g/mol. The quantitative estimate of drug-likeness (QED) is 0.835. The number of thioether (sulfide) groups is 1. The van der Waals surface area contributed by atoms with Gasteiger partial charge in [-0.3, -0.25) is 0 Å². The van der Waals surface area contributed by atoms with E-state index < -0.39 is 0 Å². The third-order valence-corrected chi connectivity index (χ3v) is 4.47. The molecular formula is C15H19N3OS2. The largest absolute Gasteiger partial charge is 0.329 e. The van der Waals surface area contributed by atoms with E-state index in [1.165, 1.54) is 5.56 Å². The molecule has 0 unspecified atom stereocenters. The lowest BCUT2D eigenvalue weighted by Gasteiger charge is -2.15. The molecule has 2 amide bonds. The number of nitrogens with one attached hydrogen (secondary N) is 2. The maximum absolute atomic E-state index is 12.1. The third-order valence-electron chi connectivity index (χ3n) is 2.96. The van der Waals surface area contributed by atoms with Gasteiger partial charge in [0, 0.05) is 23.0 Å². The molecule has 2 N–H and O–H groups in total. The number of hydrogen-bond donors (Lipinski definition) is 2. The molecule has 0 aliphatic heterocycles. The lowest BCUT2D eigenvalue weighted by atomic mass is 10.2. The van der Waals surface area contributed by atoms with E-state index in [0.29, 0.717) is 0 Å². The average Bonchev–Trinajstić information content (AvgIpc) is 2.99. The highest BCUT2D eigenvalue weighted by Crippen LogP contribution is 2.19. The molecule has 0 saturated carbocycles. The van der Waals surface area contributed by atoms with Crippen molar-refractivity contribution in [3.8, 4) is 0 Å². The first-order chi connectivity index (χ1) is 10.2. The van der Waals surface area contributed by atoms with Gasteiger partial charge in [-0.05, 0) is 30.4 Å². The zero-order chi connectivity index (χ0) is 15.1. The van der Waals surface area contributed by atoms with Crippen molar-refractivity contribution in [1.29, 1.82) is 0 Å². The molecule has 0 bridgehead atoms. The maximum Gasteiger partial charge on any atom is 0.319 e. The Bertz CT molecular complexity index is 572. The zero-order valence-corrected chi connectivity index (χ0v) is 13.8. The summed E-state index contributed by atoms with van der Waals surface area (Å²) in [5.74, 6) is 0.938. The Morgan fingerprint density at radius 1 is 1.48 bits per heavy atom. The summed E-state index contributed by atoms with van der Waals surface area (Å²) in [5, 5.41) is 8.70. The summed E-state index contributed by atoms with van der Waals surface area (Å²) in [6.07, 6.45) is 4.63. The van der Waals surface area contributed by atoms with Gasteiger partial charge in [0.15, 0.2) is 0 Å². The lowest BCUT2D eigenvalue weighted by Crippen LogP contribution is -2.32. The van der Waals surface area contributed by atoms with Crippen LogP contribution in [0.3, 0.4) is 0 Å². The number of nitrogens with zero attached hydrogens (tertiary/aromatic N) is 1. The molecule has 0 spiro atoms. The van der Waals surface area contributed by atoms with Gasteiger partial charge in [0.2, 0.25) is 0 Å². The van der Waals surface area contributed by atoms with Crippen LogP contribution in [0.4, 0.5) is 10.5 Å². The molecule has 0 aliphatic carbocycles. The van der Waals surface area contributed by atoms with Gasteiger partial charge in [0.25, 0.3) is 0 Å². The lowest BCUT2D eigenvalue weighted by molar-refractivity contribution is 0.248. The monoisotopic (exact) mass is 321 g/mol. The van der Waals surface area contributed by atoms with Gasteiger partial charge in [-0.1, -0.05) is 19.1 Å². The summed E-state index contributed by atoms with van der Waals surface area (Å²) >= 11 is 3.32. The van der Waals surface area contributed by atoms with Crippen LogP contribution in [0.1, 0.15) is 30.0 Å². The molecule has 0 saturated heterocycles. The molecule has 1 aromatic heterocycles. The fraction of sp³-hybridized carbons (Fsp3) is 0.333. The number of hydrogen-bond acceptors (Lipinski definition) is 4. The fourth-order valence-electron chi connectivity index (χ4n) is 1.98. The number of amides is 2. The minimum atomic E-state index is -0.196. The minimum Gasteiger partial charge on any atom is -0.329 e. The van der Waals surface area contributed by atoms with E-state index >= 15 is 0 Å². The van der Waals surface area contributed by atoms with E-state index in [1.54, 1.807) is 29.3 Å². The second kappa shape index (κ2) is 8.05. The van der Waals surface area contributed by atoms with Crippen LogP contribution in [0.2, 0.25) is 0 Å². The van der Waals surface area contributed by atoms with Crippen LogP contribution in [-0.4, -0.2) is 17.3 Å². The summed E-state index contributed by atoms with van der Waals surface area (Å²) in [6, 6.07) is 7.68. The van der Waals surface area contributed by atoms with Crippen LogP contribution in [0.15, 0.2) is 35.8 Å². The second-order valence-corrected chi connectivity index (χ2v) is 6.36. The molecule has 4 nitrogen and oxygen atoms in total. The Balaban J connectivity index is 1.96. The summed E-state index contributed by atoms with van der Waals surface area (Å²) in [4.78, 5) is 16.4. The summed E-state index contributed by atoms with van der Waals surface area (Å²) < 4.78 is 0. The van der Waals surface area contributed by atoms with Gasteiger partial charge in [0.05, 0.1) is 6.04 Å². The standard InChI is InChI=1S/C15H19N3OS2/c1-3-13(14-16-7-8-21-14)18-15(19)17-12-6-4-5-11(9-12)10-20-2/h4-9,13H,3,10H2,1-2H3,(H2,17,18,19)/t13-/m1/s1. The van der Waals surface area contributed by atoms with E-state index in [4.69, 9.17) is 0 Å². The summed E-state index contributed by atoms with van der Waals surface area (Å²) in [6.45, 7) is 2.03. The molecule has 21 heavy (non-hydrogen) atoms. The van der Waals surface area contributed by atoms with Crippen molar-refractivity contribution in [2.45, 2.75) is 25.1 Å². The number of aromatic nitrogens is 1. The highest BCUT2D eigenvalue weighted by molar-refractivity contribution is 7.97. The molecule has 0 radical (unpaired) electrons. The van der Waals surface area contributed by atoms with Gasteiger partial charge in [-0.2, -0.15) is 11.8 Å². The Labute approximate surface area is 133 Å². The van der Waals surface area contributed by atoms with E-state index in [-0.39, 0.29) is 12.1 Å². The van der Waals surface area contributed by atoms with Crippen LogP contribution in [-0.2, 0) is 5.75 Å². The number of thiazole rings is 1. The predicted octanol–water partition coefficient (Wildman–Crippen LogP) is 4.28. The van der Waals surface area contributed by atoms with Crippen molar-refractivity contribution in [2.75, 3.05) is 11.6 Å². The SMILES string of the molecule is CC[C@@H](NC(=O)Nc1cccc(CSC)c1)c1nccs1. The maximum atomic E-state index is 12.1. The summed E-state index contributed by atoms with van der Waals surface area (Å²) in [5.41, 5.74) is 2.01. The highest BCUT2D eigenvalue weighted by atomic mass is 32.2. The molecule has 0 fully saturated rings. The van der Waals surface area contributed by atoms with Crippen LogP contribution in [0, 0.1) is 0 Å². The van der Waals surface area contributed by atoms with Crippen LogP contribution >= 0.6 is 23.1 Å². The van der Waals surface area contributed by atoms with Gasteiger partial charge in [-0.25, -0.2) is 9.78 Å². The topological polar surface area (TPSA) is 54.0 Å². The number of rotatable bonds is 6. The van der Waals surface area contributed by atoms with Crippen LogP contribution in [0.5, 0.6) is 0 Å². The number of carbonyl (C=O) groups excluding carboxylic acids is 1. The Kier molecular flexibility index (Phi) is 6.07. The van der Waals surface area contributed by atoms with Gasteiger partial charge in [0.1, 0.15) is 5.01 Å². The molecule has 1 heterocycles. The fourth-order valence-corrected chi connectivity index (χ4v) is 3.26. The Morgan fingerprint density at radius 3 is 3.00 bits per heavy atom. The molecular weight excluding hydrogens is 302 g/mol. The van der Waals surface area contributed by atoms with Gasteiger partial charge >= 0.3 is 6.03 Å². The zero-order valence-electron chi connectivity index (χ0n) is 12.1. The number of anilines is 1. The molecule has 6 heteroatoms. The Morgan fingerprint density at radius 2 is 2.33 bits per heavy atom.